The molecule has 158 valence electrons. The molecule has 0 amide bonds. The Morgan fingerprint density at radius 3 is 2.55 bits per heavy atom. The Morgan fingerprint density at radius 1 is 1.19 bits per heavy atom. The topological polar surface area (TPSA) is 78.2 Å². The maximum absolute atomic E-state index is 12.5. The first-order valence-corrected chi connectivity index (χ1v) is 11.2. The predicted octanol–water partition coefficient (Wildman–Crippen LogP) is 4.47. The molecule has 2 aromatic carbocycles. The molecule has 1 aromatic heterocycles. The maximum Gasteiger partial charge on any atom is 0.327 e. The van der Waals surface area contributed by atoms with Gasteiger partial charge >= 0.3 is 5.97 Å². The zero-order chi connectivity index (χ0) is 21.6. The molecule has 1 atom stereocenters. The number of nitriles is 1. The van der Waals surface area contributed by atoms with Crippen LogP contribution >= 0.6 is 11.3 Å². The van der Waals surface area contributed by atoms with Gasteiger partial charge in [0.25, 0.3) is 0 Å². The molecule has 0 bridgehead atoms. The smallest absolute Gasteiger partial charge is 0.327 e. The lowest BCUT2D eigenvalue weighted by Gasteiger charge is -2.36. The second-order valence-corrected chi connectivity index (χ2v) is 8.38. The van der Waals surface area contributed by atoms with E-state index in [1.807, 2.05) is 60.0 Å². The summed E-state index contributed by atoms with van der Waals surface area (Å²) in [5.41, 5.74) is 3.52. The molecule has 1 N–H and O–H groups in total. The number of rotatable bonds is 6. The van der Waals surface area contributed by atoms with Crippen molar-refractivity contribution >= 4 is 22.4 Å². The molecule has 31 heavy (non-hydrogen) atoms. The quantitative estimate of drug-likeness (QED) is 0.579. The van der Waals surface area contributed by atoms with Gasteiger partial charge in [0.1, 0.15) is 6.04 Å². The van der Waals surface area contributed by atoms with Gasteiger partial charge in [0, 0.05) is 30.1 Å². The van der Waals surface area contributed by atoms with E-state index >= 15 is 0 Å². The van der Waals surface area contributed by atoms with Gasteiger partial charge in [-0.3, -0.25) is 4.90 Å². The SMILES string of the molecule is COC(=O)C(c1ccccc1)N1CCC(Nc2nc(-c3ccc(C#N)cc3)cs2)CC1. The number of carbonyl (C=O) groups is 1. The number of piperidine rings is 1. The molecule has 1 saturated heterocycles. The summed E-state index contributed by atoms with van der Waals surface area (Å²) in [4.78, 5) is 19.4. The van der Waals surface area contributed by atoms with Gasteiger partial charge in [0.2, 0.25) is 0 Å². The van der Waals surface area contributed by atoms with E-state index < -0.39 is 0 Å². The number of carbonyl (C=O) groups excluding carboxylic acids is 1. The Bertz CT molecular complexity index is 1050. The number of esters is 1. The lowest BCUT2D eigenvalue weighted by Crippen LogP contribution is -2.43. The van der Waals surface area contributed by atoms with E-state index in [1.54, 1.807) is 11.3 Å². The van der Waals surface area contributed by atoms with Crippen molar-refractivity contribution in [2.24, 2.45) is 0 Å². The average Bonchev–Trinajstić information content (AvgIpc) is 3.29. The van der Waals surface area contributed by atoms with E-state index in [9.17, 15) is 4.79 Å². The monoisotopic (exact) mass is 432 g/mol. The van der Waals surface area contributed by atoms with E-state index in [0.29, 0.717) is 11.6 Å². The molecule has 0 radical (unpaired) electrons. The number of hydrogen-bond acceptors (Lipinski definition) is 7. The van der Waals surface area contributed by atoms with E-state index in [1.165, 1.54) is 7.11 Å². The van der Waals surface area contributed by atoms with Crippen molar-refractivity contribution in [3.63, 3.8) is 0 Å². The highest BCUT2D eigenvalue weighted by Gasteiger charge is 2.31. The summed E-state index contributed by atoms with van der Waals surface area (Å²) in [6.07, 6.45) is 1.85. The molecule has 1 fully saturated rings. The number of hydrogen-bond donors (Lipinski definition) is 1. The summed E-state index contributed by atoms with van der Waals surface area (Å²) < 4.78 is 5.08. The van der Waals surface area contributed by atoms with Crippen LogP contribution < -0.4 is 5.32 Å². The van der Waals surface area contributed by atoms with Gasteiger partial charge in [-0.2, -0.15) is 5.26 Å². The molecule has 7 heteroatoms. The van der Waals surface area contributed by atoms with Crippen LogP contribution in [0.2, 0.25) is 0 Å². The first-order chi connectivity index (χ1) is 15.2. The van der Waals surface area contributed by atoms with Crippen LogP contribution in [0.4, 0.5) is 5.13 Å². The molecule has 0 saturated carbocycles. The summed E-state index contributed by atoms with van der Waals surface area (Å²) in [7, 11) is 1.44. The van der Waals surface area contributed by atoms with Crippen LogP contribution in [-0.2, 0) is 9.53 Å². The van der Waals surface area contributed by atoms with Crippen molar-refractivity contribution in [2.75, 3.05) is 25.5 Å². The van der Waals surface area contributed by atoms with Gasteiger partial charge in [-0.15, -0.1) is 11.3 Å². The van der Waals surface area contributed by atoms with Crippen LogP contribution in [0, 0.1) is 11.3 Å². The van der Waals surface area contributed by atoms with Crippen LogP contribution in [0.25, 0.3) is 11.3 Å². The highest BCUT2D eigenvalue weighted by atomic mass is 32.1. The minimum Gasteiger partial charge on any atom is -0.468 e. The molecule has 0 spiro atoms. The van der Waals surface area contributed by atoms with Gasteiger partial charge < -0.3 is 10.1 Å². The number of methoxy groups -OCH3 is 1. The highest BCUT2D eigenvalue weighted by Crippen LogP contribution is 2.29. The Kier molecular flexibility index (Phi) is 6.60. The summed E-state index contributed by atoms with van der Waals surface area (Å²) >= 11 is 1.59. The molecular weight excluding hydrogens is 408 g/mol. The van der Waals surface area contributed by atoms with Crippen LogP contribution in [0.15, 0.2) is 60.0 Å². The van der Waals surface area contributed by atoms with Crippen LogP contribution in [-0.4, -0.2) is 42.1 Å². The number of aromatic nitrogens is 1. The van der Waals surface area contributed by atoms with Crippen molar-refractivity contribution in [3.05, 3.63) is 71.1 Å². The molecule has 1 unspecified atom stereocenters. The zero-order valence-corrected chi connectivity index (χ0v) is 18.1. The van der Waals surface area contributed by atoms with Crippen molar-refractivity contribution in [1.29, 1.82) is 5.26 Å². The Morgan fingerprint density at radius 2 is 1.90 bits per heavy atom. The first kappa shape index (κ1) is 21.0. The van der Waals surface area contributed by atoms with Gasteiger partial charge in [-0.1, -0.05) is 42.5 Å². The number of thiazole rings is 1. The summed E-state index contributed by atoms with van der Waals surface area (Å²) in [5, 5.41) is 15.4. The van der Waals surface area contributed by atoms with Gasteiger partial charge in [0.05, 0.1) is 24.4 Å². The predicted molar refractivity (Wildman–Crippen MR) is 122 cm³/mol. The second-order valence-electron chi connectivity index (χ2n) is 7.52. The number of likely N-dealkylation sites (tertiary alicyclic amines) is 1. The highest BCUT2D eigenvalue weighted by molar-refractivity contribution is 7.14. The summed E-state index contributed by atoms with van der Waals surface area (Å²) in [6, 6.07) is 19.4. The maximum atomic E-state index is 12.5. The lowest BCUT2D eigenvalue weighted by atomic mass is 9.99. The molecule has 2 heterocycles. The van der Waals surface area contributed by atoms with E-state index in [4.69, 9.17) is 15.0 Å². The van der Waals surface area contributed by atoms with E-state index in [2.05, 4.69) is 16.3 Å². The Hall–Kier alpha value is -3.21. The number of ether oxygens (including phenoxy) is 1. The van der Waals surface area contributed by atoms with Crippen molar-refractivity contribution in [2.45, 2.75) is 24.9 Å². The van der Waals surface area contributed by atoms with Crippen molar-refractivity contribution in [3.8, 4) is 17.3 Å². The molecule has 0 aliphatic carbocycles. The normalized spacial score (nSPS) is 15.7. The molecule has 1 aliphatic heterocycles. The lowest BCUT2D eigenvalue weighted by molar-refractivity contribution is -0.147. The third-order valence-electron chi connectivity index (χ3n) is 5.58. The van der Waals surface area contributed by atoms with Crippen molar-refractivity contribution < 1.29 is 9.53 Å². The fourth-order valence-electron chi connectivity index (χ4n) is 3.91. The number of nitrogens with one attached hydrogen (secondary N) is 1. The fourth-order valence-corrected chi connectivity index (χ4v) is 4.71. The van der Waals surface area contributed by atoms with E-state index in [0.717, 1.165) is 47.9 Å². The molecule has 3 aromatic rings. The number of benzene rings is 2. The van der Waals surface area contributed by atoms with Crippen LogP contribution in [0.1, 0.15) is 30.0 Å². The number of anilines is 1. The Balaban J connectivity index is 1.37. The van der Waals surface area contributed by atoms with Gasteiger partial charge in [-0.25, -0.2) is 9.78 Å². The third kappa shape index (κ3) is 4.93. The first-order valence-electron chi connectivity index (χ1n) is 10.3. The largest absolute Gasteiger partial charge is 0.468 e. The third-order valence-corrected chi connectivity index (χ3v) is 6.35. The average molecular weight is 433 g/mol. The van der Waals surface area contributed by atoms with Crippen LogP contribution in [0.5, 0.6) is 0 Å². The van der Waals surface area contributed by atoms with Gasteiger partial charge in [-0.05, 0) is 30.5 Å². The summed E-state index contributed by atoms with van der Waals surface area (Å²) in [6.45, 7) is 1.61. The van der Waals surface area contributed by atoms with Crippen LogP contribution in [0.3, 0.4) is 0 Å². The van der Waals surface area contributed by atoms with E-state index in [-0.39, 0.29) is 12.0 Å². The van der Waals surface area contributed by atoms with Gasteiger partial charge in [0.15, 0.2) is 5.13 Å². The number of nitrogens with zero attached hydrogens (tertiary/aromatic N) is 3. The minimum absolute atomic E-state index is 0.218. The van der Waals surface area contributed by atoms with Crippen molar-refractivity contribution in [1.82, 2.24) is 9.88 Å². The molecule has 4 rings (SSSR count). The second kappa shape index (κ2) is 9.73. The zero-order valence-electron chi connectivity index (χ0n) is 17.3. The standard InChI is InChI=1S/C24H24N4O2S/c1-30-23(29)22(19-5-3-2-4-6-19)28-13-11-20(12-14-28)26-24-27-21(16-31-24)18-9-7-17(15-25)8-10-18/h2-10,16,20,22H,11-14H2,1H3,(H,26,27). The molecule has 1 aliphatic rings. The molecular formula is C24H24N4O2S. The molecule has 6 nitrogen and oxygen atoms in total. The Labute approximate surface area is 186 Å². The fraction of sp³-hybridized carbons (Fsp3) is 0.292. The minimum atomic E-state index is -0.366. The summed E-state index contributed by atoms with van der Waals surface area (Å²) in [5.74, 6) is -0.218.